The van der Waals surface area contributed by atoms with Crippen LogP contribution in [0.5, 0.6) is 0 Å². The predicted octanol–water partition coefficient (Wildman–Crippen LogP) is 4.13. The van der Waals surface area contributed by atoms with Crippen LogP contribution in [0.2, 0.25) is 0 Å². The zero-order chi connectivity index (χ0) is 16.8. The zero-order valence-electron chi connectivity index (χ0n) is 14.8. The molecule has 4 nitrogen and oxygen atoms in total. The van der Waals surface area contributed by atoms with Crippen molar-refractivity contribution in [3.8, 4) is 0 Å². The highest BCUT2D eigenvalue weighted by molar-refractivity contribution is 7.20. The lowest BCUT2D eigenvalue weighted by Gasteiger charge is -2.40. The number of carbonyl (C=O) groups is 1. The minimum Gasteiger partial charge on any atom is -0.349 e. The molecule has 2 saturated carbocycles. The highest BCUT2D eigenvalue weighted by atomic mass is 32.1. The van der Waals surface area contributed by atoms with Gasteiger partial charge in [-0.1, -0.05) is 19.3 Å². The van der Waals surface area contributed by atoms with Crippen molar-refractivity contribution in [2.75, 3.05) is 26.2 Å². The maximum Gasteiger partial charge on any atom is 0.264 e. The van der Waals surface area contributed by atoms with Crippen molar-refractivity contribution in [2.24, 2.45) is 0 Å². The van der Waals surface area contributed by atoms with Crippen molar-refractivity contribution in [3.05, 3.63) is 23.3 Å². The normalized spacial score (nSPS) is 23.4. The summed E-state index contributed by atoms with van der Waals surface area (Å²) in [5.74, 6) is 0.238. The first-order valence-corrected chi connectivity index (χ1v) is 10.7. The van der Waals surface area contributed by atoms with Gasteiger partial charge < -0.3 is 9.47 Å². The number of piperazine rings is 1. The number of amides is 1. The quantitative estimate of drug-likeness (QED) is 0.826. The van der Waals surface area contributed by atoms with Gasteiger partial charge >= 0.3 is 0 Å². The number of thiophene rings is 1. The molecule has 5 heteroatoms. The summed E-state index contributed by atoms with van der Waals surface area (Å²) < 4.78 is 3.59. The van der Waals surface area contributed by atoms with Crippen molar-refractivity contribution < 1.29 is 4.79 Å². The van der Waals surface area contributed by atoms with Crippen molar-refractivity contribution in [1.82, 2.24) is 14.4 Å². The molecular formula is C20H27N3OS. The average Bonchev–Trinajstić information content (AvgIpc) is 3.32. The molecule has 1 saturated heterocycles. The van der Waals surface area contributed by atoms with Crippen LogP contribution in [0.25, 0.3) is 10.1 Å². The standard InChI is InChI=1S/C20H27N3OS/c24-20(18-12-15-13-23(17-6-7-17)14-19(15)25-18)22-10-8-21(9-11-22)16-4-2-1-3-5-16/h12-14,16-17H,1-11H2. The van der Waals surface area contributed by atoms with Crippen molar-refractivity contribution >= 4 is 27.3 Å². The maximum absolute atomic E-state index is 12.9. The first kappa shape index (κ1) is 15.9. The van der Waals surface area contributed by atoms with E-state index in [4.69, 9.17) is 0 Å². The van der Waals surface area contributed by atoms with Gasteiger partial charge in [-0.2, -0.15) is 0 Å². The molecule has 134 valence electrons. The molecule has 3 aliphatic rings. The first-order chi connectivity index (χ1) is 12.3. The van der Waals surface area contributed by atoms with E-state index in [0.717, 1.165) is 37.1 Å². The first-order valence-electron chi connectivity index (χ1n) is 9.92. The minimum absolute atomic E-state index is 0.238. The van der Waals surface area contributed by atoms with Crippen molar-refractivity contribution in [3.63, 3.8) is 0 Å². The zero-order valence-corrected chi connectivity index (χ0v) is 15.6. The minimum atomic E-state index is 0.238. The number of carbonyl (C=O) groups excluding carboxylic acids is 1. The highest BCUT2D eigenvalue weighted by Crippen LogP contribution is 2.38. The molecule has 0 radical (unpaired) electrons. The van der Waals surface area contributed by atoms with Crippen molar-refractivity contribution in [1.29, 1.82) is 0 Å². The lowest BCUT2D eigenvalue weighted by molar-refractivity contribution is 0.0527. The van der Waals surface area contributed by atoms with Crippen LogP contribution in [0.1, 0.15) is 60.7 Å². The average molecular weight is 358 g/mol. The largest absolute Gasteiger partial charge is 0.349 e. The van der Waals surface area contributed by atoms with Gasteiger partial charge in [0, 0.05) is 56.0 Å². The van der Waals surface area contributed by atoms with Gasteiger partial charge in [0.1, 0.15) is 0 Å². The summed E-state index contributed by atoms with van der Waals surface area (Å²) in [6, 6.07) is 3.59. The molecule has 3 fully saturated rings. The summed E-state index contributed by atoms with van der Waals surface area (Å²) >= 11 is 1.67. The molecule has 2 aromatic heterocycles. The van der Waals surface area contributed by atoms with E-state index in [1.165, 1.54) is 55.0 Å². The molecule has 0 N–H and O–H groups in total. The Morgan fingerprint density at radius 2 is 1.68 bits per heavy atom. The third kappa shape index (κ3) is 3.13. The second-order valence-electron chi connectivity index (χ2n) is 7.99. The second-order valence-corrected chi connectivity index (χ2v) is 9.07. The maximum atomic E-state index is 12.9. The summed E-state index contributed by atoms with van der Waals surface area (Å²) in [5.41, 5.74) is 0. The topological polar surface area (TPSA) is 28.5 Å². The Balaban J connectivity index is 1.23. The van der Waals surface area contributed by atoms with E-state index in [0.29, 0.717) is 6.04 Å². The Bertz CT molecular complexity index is 730. The molecule has 0 spiro atoms. The second kappa shape index (κ2) is 6.44. The molecule has 2 aliphatic carbocycles. The fraction of sp³-hybridized carbons (Fsp3) is 0.650. The van der Waals surface area contributed by atoms with Gasteiger partial charge in [-0.05, 0) is 31.7 Å². The SMILES string of the molecule is O=C(c1cc2cn(C3CC3)cc2s1)N1CCN(C2CCCCC2)CC1. The Morgan fingerprint density at radius 3 is 2.36 bits per heavy atom. The van der Waals surface area contributed by atoms with Crippen LogP contribution in [-0.2, 0) is 0 Å². The van der Waals surface area contributed by atoms with Crippen molar-refractivity contribution in [2.45, 2.75) is 57.0 Å². The van der Waals surface area contributed by atoms with Crippen LogP contribution in [0.3, 0.4) is 0 Å². The van der Waals surface area contributed by atoms with E-state index in [1.54, 1.807) is 11.3 Å². The third-order valence-electron chi connectivity index (χ3n) is 6.22. The van der Waals surface area contributed by atoms with Gasteiger partial charge in [-0.3, -0.25) is 9.69 Å². The van der Waals surface area contributed by atoms with E-state index in [-0.39, 0.29) is 5.91 Å². The molecule has 3 heterocycles. The fourth-order valence-electron chi connectivity index (χ4n) is 4.54. The smallest absolute Gasteiger partial charge is 0.264 e. The van der Waals surface area contributed by atoms with Gasteiger partial charge in [0.05, 0.1) is 9.58 Å². The number of nitrogens with zero attached hydrogens (tertiary/aromatic N) is 3. The van der Waals surface area contributed by atoms with Gasteiger partial charge in [0.2, 0.25) is 0 Å². The Labute approximate surface area is 153 Å². The summed E-state index contributed by atoms with van der Waals surface area (Å²) in [5, 5.41) is 1.24. The van der Waals surface area contributed by atoms with Gasteiger partial charge in [0.25, 0.3) is 5.91 Å². The van der Waals surface area contributed by atoms with Gasteiger partial charge in [-0.15, -0.1) is 11.3 Å². The number of aromatic nitrogens is 1. The Hall–Kier alpha value is -1.33. The lowest BCUT2D eigenvalue weighted by atomic mass is 9.94. The van der Waals surface area contributed by atoms with E-state index in [9.17, 15) is 4.79 Å². The van der Waals surface area contributed by atoms with Crippen LogP contribution in [0.4, 0.5) is 0 Å². The van der Waals surface area contributed by atoms with Crippen LogP contribution in [0, 0.1) is 0 Å². The monoisotopic (exact) mass is 357 g/mol. The van der Waals surface area contributed by atoms with Crippen LogP contribution < -0.4 is 0 Å². The summed E-state index contributed by atoms with van der Waals surface area (Å²) in [6.07, 6.45) is 14.0. The molecule has 0 aromatic carbocycles. The summed E-state index contributed by atoms with van der Waals surface area (Å²) in [7, 11) is 0. The molecule has 1 aliphatic heterocycles. The molecule has 0 atom stereocenters. The fourth-order valence-corrected chi connectivity index (χ4v) is 5.58. The number of hydrogen-bond donors (Lipinski definition) is 0. The summed E-state index contributed by atoms with van der Waals surface area (Å²) in [4.78, 5) is 18.5. The number of fused-ring (bicyclic) bond motifs is 1. The van der Waals surface area contributed by atoms with Crippen LogP contribution in [-0.4, -0.2) is 52.5 Å². The number of rotatable bonds is 3. The molecule has 1 amide bonds. The van der Waals surface area contributed by atoms with Crippen LogP contribution >= 0.6 is 11.3 Å². The highest BCUT2D eigenvalue weighted by Gasteiger charge is 2.29. The molecular weight excluding hydrogens is 330 g/mol. The molecule has 0 bridgehead atoms. The Kier molecular flexibility index (Phi) is 4.09. The summed E-state index contributed by atoms with van der Waals surface area (Å²) in [6.45, 7) is 3.88. The lowest BCUT2D eigenvalue weighted by Crippen LogP contribution is -2.52. The van der Waals surface area contributed by atoms with E-state index in [1.807, 2.05) is 0 Å². The molecule has 25 heavy (non-hydrogen) atoms. The predicted molar refractivity (Wildman–Crippen MR) is 102 cm³/mol. The Morgan fingerprint density at radius 1 is 0.920 bits per heavy atom. The molecule has 2 aromatic rings. The van der Waals surface area contributed by atoms with E-state index < -0.39 is 0 Å². The van der Waals surface area contributed by atoms with Crippen LogP contribution in [0.15, 0.2) is 18.5 Å². The van der Waals surface area contributed by atoms with E-state index >= 15 is 0 Å². The third-order valence-corrected chi connectivity index (χ3v) is 7.29. The molecule has 0 unspecified atom stereocenters. The van der Waals surface area contributed by atoms with E-state index in [2.05, 4.69) is 32.8 Å². The van der Waals surface area contributed by atoms with Gasteiger partial charge in [0.15, 0.2) is 0 Å². The number of hydrogen-bond acceptors (Lipinski definition) is 3. The molecule has 5 rings (SSSR count). The van der Waals surface area contributed by atoms with Gasteiger partial charge in [-0.25, -0.2) is 0 Å².